The Hall–Kier alpha value is -1.07. The third-order valence-electron chi connectivity index (χ3n) is 2.19. The first-order valence-corrected chi connectivity index (χ1v) is 6.09. The number of anilines is 1. The Bertz CT molecular complexity index is 407. The van der Waals surface area contributed by atoms with Gasteiger partial charge in [0.15, 0.2) is 0 Å². The quantitative estimate of drug-likeness (QED) is 0.910. The van der Waals surface area contributed by atoms with Crippen LogP contribution in [0.25, 0.3) is 0 Å². The number of amides is 1. The maximum Gasteiger partial charge on any atom is 0.250 e. The summed E-state index contributed by atoms with van der Waals surface area (Å²) in [4.78, 5) is 11.6. The molecule has 1 N–H and O–H groups in total. The molecule has 0 saturated carbocycles. The van der Waals surface area contributed by atoms with Crippen molar-refractivity contribution in [2.75, 3.05) is 25.6 Å². The van der Waals surface area contributed by atoms with Crippen molar-refractivity contribution in [1.82, 2.24) is 0 Å². The van der Waals surface area contributed by atoms with Crippen LogP contribution in [0.15, 0.2) is 16.6 Å². The van der Waals surface area contributed by atoms with Gasteiger partial charge in [-0.3, -0.25) is 4.79 Å². The van der Waals surface area contributed by atoms with Gasteiger partial charge in [-0.25, -0.2) is 0 Å². The predicted molar refractivity (Wildman–Crippen MR) is 70.6 cm³/mol. The van der Waals surface area contributed by atoms with E-state index in [9.17, 15) is 4.79 Å². The molecule has 0 spiro atoms. The zero-order chi connectivity index (χ0) is 12.8. The summed E-state index contributed by atoms with van der Waals surface area (Å²) in [6.07, 6.45) is 0. The van der Waals surface area contributed by atoms with Crippen LogP contribution in [0.4, 0.5) is 5.69 Å². The van der Waals surface area contributed by atoms with Gasteiger partial charge in [-0.15, -0.1) is 0 Å². The molecule has 1 aromatic rings. The van der Waals surface area contributed by atoms with Crippen molar-refractivity contribution in [3.8, 4) is 5.75 Å². The molecule has 0 bridgehead atoms. The van der Waals surface area contributed by atoms with Crippen molar-refractivity contribution in [2.24, 2.45) is 0 Å². The fraction of sp³-hybridized carbons (Fsp3) is 0.417. The highest BCUT2D eigenvalue weighted by atomic mass is 79.9. The highest BCUT2D eigenvalue weighted by molar-refractivity contribution is 9.10. The normalized spacial score (nSPS) is 10.1. The molecule has 1 amide bonds. The van der Waals surface area contributed by atoms with Crippen LogP contribution in [0.3, 0.4) is 0 Å². The summed E-state index contributed by atoms with van der Waals surface area (Å²) < 4.78 is 11.2. The van der Waals surface area contributed by atoms with Crippen LogP contribution in [0.1, 0.15) is 12.5 Å². The smallest absolute Gasteiger partial charge is 0.250 e. The maximum absolute atomic E-state index is 11.6. The Morgan fingerprint density at radius 2 is 2.18 bits per heavy atom. The van der Waals surface area contributed by atoms with Gasteiger partial charge in [0.25, 0.3) is 0 Å². The first kappa shape index (κ1) is 14.0. The van der Waals surface area contributed by atoms with Crippen LogP contribution < -0.4 is 10.1 Å². The zero-order valence-electron chi connectivity index (χ0n) is 10.2. The Labute approximate surface area is 109 Å². The summed E-state index contributed by atoms with van der Waals surface area (Å²) in [5.41, 5.74) is 1.61. The summed E-state index contributed by atoms with van der Waals surface area (Å²) in [6.45, 7) is 4.32. The van der Waals surface area contributed by atoms with E-state index in [1.807, 2.05) is 26.0 Å². The topological polar surface area (TPSA) is 47.6 Å². The van der Waals surface area contributed by atoms with Crippen LogP contribution >= 0.6 is 15.9 Å². The minimum atomic E-state index is -0.185. The first-order chi connectivity index (χ1) is 8.08. The lowest BCUT2D eigenvalue weighted by Crippen LogP contribution is -2.19. The number of nitrogens with one attached hydrogen (secondary N) is 1. The lowest BCUT2D eigenvalue weighted by Gasteiger charge is -2.13. The Morgan fingerprint density at radius 1 is 1.47 bits per heavy atom. The minimum absolute atomic E-state index is 0.0508. The van der Waals surface area contributed by atoms with Gasteiger partial charge >= 0.3 is 0 Å². The van der Waals surface area contributed by atoms with Crippen molar-refractivity contribution in [2.45, 2.75) is 13.8 Å². The zero-order valence-corrected chi connectivity index (χ0v) is 11.8. The Balaban J connectivity index is 2.86. The summed E-state index contributed by atoms with van der Waals surface area (Å²) >= 11 is 3.38. The number of carbonyl (C=O) groups is 1. The number of halogens is 1. The second kappa shape index (κ2) is 6.61. The fourth-order valence-corrected chi connectivity index (χ4v) is 1.96. The second-order valence-electron chi connectivity index (χ2n) is 3.49. The van der Waals surface area contributed by atoms with Crippen molar-refractivity contribution < 1.29 is 14.3 Å². The SMILES string of the molecule is CCOCC(=O)Nc1c(C)cc(Br)cc1OC. The molecule has 94 valence electrons. The van der Waals surface area contributed by atoms with Gasteiger partial charge < -0.3 is 14.8 Å². The van der Waals surface area contributed by atoms with E-state index in [1.54, 1.807) is 7.11 Å². The van der Waals surface area contributed by atoms with Gasteiger partial charge in [0.2, 0.25) is 5.91 Å². The molecule has 0 unspecified atom stereocenters. The number of hydrogen-bond donors (Lipinski definition) is 1. The van der Waals surface area contributed by atoms with Crippen molar-refractivity contribution in [3.63, 3.8) is 0 Å². The molecule has 0 heterocycles. The molecule has 0 saturated heterocycles. The molecule has 1 rings (SSSR count). The van der Waals surface area contributed by atoms with E-state index in [-0.39, 0.29) is 12.5 Å². The third kappa shape index (κ3) is 4.02. The Kier molecular flexibility index (Phi) is 5.44. The van der Waals surface area contributed by atoms with E-state index in [2.05, 4.69) is 21.2 Å². The largest absolute Gasteiger partial charge is 0.495 e. The van der Waals surface area contributed by atoms with E-state index in [4.69, 9.17) is 9.47 Å². The van der Waals surface area contributed by atoms with Crippen molar-refractivity contribution >= 4 is 27.5 Å². The van der Waals surface area contributed by atoms with Crippen LogP contribution in [0.5, 0.6) is 5.75 Å². The Morgan fingerprint density at radius 3 is 2.76 bits per heavy atom. The van der Waals surface area contributed by atoms with Crippen LogP contribution in [-0.2, 0) is 9.53 Å². The van der Waals surface area contributed by atoms with Gasteiger partial charge in [0.1, 0.15) is 12.4 Å². The summed E-state index contributed by atoms with van der Waals surface area (Å²) in [5, 5.41) is 2.78. The van der Waals surface area contributed by atoms with E-state index in [0.717, 1.165) is 10.0 Å². The minimum Gasteiger partial charge on any atom is -0.495 e. The molecule has 4 nitrogen and oxygen atoms in total. The summed E-state index contributed by atoms with van der Waals surface area (Å²) in [5.74, 6) is 0.442. The lowest BCUT2D eigenvalue weighted by atomic mass is 10.2. The average Bonchev–Trinajstić information content (AvgIpc) is 2.29. The third-order valence-corrected chi connectivity index (χ3v) is 2.64. The van der Waals surface area contributed by atoms with Crippen LogP contribution in [0.2, 0.25) is 0 Å². The molecular formula is C12H16BrNO3. The highest BCUT2D eigenvalue weighted by Gasteiger charge is 2.11. The molecule has 5 heteroatoms. The fourth-order valence-electron chi connectivity index (χ4n) is 1.40. The monoisotopic (exact) mass is 301 g/mol. The molecule has 0 aliphatic heterocycles. The average molecular weight is 302 g/mol. The first-order valence-electron chi connectivity index (χ1n) is 5.30. The number of rotatable bonds is 5. The molecular weight excluding hydrogens is 286 g/mol. The lowest BCUT2D eigenvalue weighted by molar-refractivity contribution is -0.120. The molecule has 0 aliphatic carbocycles. The summed E-state index contributed by atoms with van der Waals surface area (Å²) in [6, 6.07) is 3.72. The van der Waals surface area contributed by atoms with Crippen LogP contribution in [0, 0.1) is 6.92 Å². The molecule has 0 aliphatic rings. The number of benzene rings is 1. The number of ether oxygens (including phenoxy) is 2. The van der Waals surface area contributed by atoms with Crippen LogP contribution in [-0.4, -0.2) is 26.2 Å². The highest BCUT2D eigenvalue weighted by Crippen LogP contribution is 2.31. The van der Waals surface area contributed by atoms with Gasteiger partial charge in [0.05, 0.1) is 12.8 Å². The molecule has 0 aromatic heterocycles. The molecule has 17 heavy (non-hydrogen) atoms. The molecule has 0 atom stereocenters. The van der Waals surface area contributed by atoms with Gasteiger partial charge in [-0.2, -0.15) is 0 Å². The van der Waals surface area contributed by atoms with E-state index in [0.29, 0.717) is 18.0 Å². The molecule has 1 aromatic carbocycles. The van der Waals surface area contributed by atoms with E-state index >= 15 is 0 Å². The second-order valence-corrected chi connectivity index (χ2v) is 4.40. The number of carbonyl (C=O) groups excluding carboxylic acids is 1. The number of methoxy groups -OCH3 is 1. The van der Waals surface area contributed by atoms with E-state index < -0.39 is 0 Å². The molecule has 0 fully saturated rings. The predicted octanol–water partition coefficient (Wildman–Crippen LogP) is 2.74. The van der Waals surface area contributed by atoms with Gasteiger partial charge in [-0.1, -0.05) is 15.9 Å². The van der Waals surface area contributed by atoms with Gasteiger partial charge in [0, 0.05) is 11.1 Å². The standard InChI is InChI=1S/C12H16BrNO3/c1-4-17-7-11(15)14-12-8(2)5-9(13)6-10(12)16-3/h5-6H,4,7H2,1-3H3,(H,14,15). The maximum atomic E-state index is 11.6. The van der Waals surface area contributed by atoms with E-state index in [1.165, 1.54) is 0 Å². The van der Waals surface area contributed by atoms with Crippen molar-refractivity contribution in [1.29, 1.82) is 0 Å². The number of aryl methyl sites for hydroxylation is 1. The molecule has 0 radical (unpaired) electrons. The number of hydrogen-bond acceptors (Lipinski definition) is 3. The van der Waals surface area contributed by atoms with Crippen molar-refractivity contribution in [3.05, 3.63) is 22.2 Å². The van der Waals surface area contributed by atoms with Gasteiger partial charge in [-0.05, 0) is 31.5 Å². The summed E-state index contributed by atoms with van der Waals surface area (Å²) in [7, 11) is 1.57.